The van der Waals surface area contributed by atoms with E-state index < -0.39 is 0 Å². The zero-order valence-corrected chi connectivity index (χ0v) is 8.73. The van der Waals surface area contributed by atoms with Crippen molar-refractivity contribution in [2.45, 2.75) is 12.8 Å². The van der Waals surface area contributed by atoms with Crippen molar-refractivity contribution >= 4 is 26.2 Å². The second-order valence-corrected chi connectivity index (χ2v) is 7.55. The van der Waals surface area contributed by atoms with Crippen LogP contribution in [0.4, 0.5) is 4.79 Å². The summed E-state index contributed by atoms with van der Waals surface area (Å²) < 4.78 is 0.572. The lowest BCUT2D eigenvalue weighted by Crippen LogP contribution is -1.96. The first-order valence-corrected chi connectivity index (χ1v) is 7.48. The number of hydrogen-bond acceptors (Lipinski definition) is 1. The van der Waals surface area contributed by atoms with Crippen LogP contribution in [0.5, 0.6) is 0 Å². The van der Waals surface area contributed by atoms with Crippen LogP contribution in [-0.4, -0.2) is 16.0 Å². The van der Waals surface area contributed by atoms with E-state index in [4.69, 9.17) is 0 Å². The highest BCUT2D eigenvalue weighted by atomic mass is 32.3. The lowest BCUT2D eigenvalue weighted by molar-refractivity contribution is 0.276. The Morgan fingerprint density at radius 3 is 1.83 bits per heavy atom. The van der Waals surface area contributed by atoms with E-state index in [0.717, 1.165) is 24.3 Å². The minimum Gasteiger partial charge on any atom is -0.278 e. The Morgan fingerprint density at radius 1 is 1.00 bits per heavy atom. The molecular formula is C9H14OS2. The molecule has 2 heterocycles. The largest absolute Gasteiger partial charge is 0.278 e. The van der Waals surface area contributed by atoms with Gasteiger partial charge in [0.05, 0.1) is 0 Å². The molecular weight excluding hydrogens is 188 g/mol. The molecule has 2 atom stereocenters. The van der Waals surface area contributed by atoms with Gasteiger partial charge >= 0.3 is 0 Å². The maximum absolute atomic E-state index is 11.8. The van der Waals surface area contributed by atoms with Crippen LogP contribution in [0.3, 0.4) is 0 Å². The molecule has 3 heteroatoms. The lowest BCUT2D eigenvalue weighted by Gasteiger charge is -2.17. The standard InChI is InChI=1S/C9H14OS2/c10-9(11-5-1-2-6-11)12-7-3-4-8-12/h1,3,5,7,11-12H,2,4,6,8H2. The number of allylic oxidation sites excluding steroid dienone is 2. The average molecular weight is 202 g/mol. The van der Waals surface area contributed by atoms with E-state index in [-0.39, 0.29) is 21.8 Å². The quantitative estimate of drug-likeness (QED) is 0.578. The SMILES string of the molecule is O=C([SH]1C=CCC1)[SH]1C=CCC1. The van der Waals surface area contributed by atoms with Crippen LogP contribution in [0.1, 0.15) is 12.8 Å². The lowest BCUT2D eigenvalue weighted by atomic mass is 10.5. The topological polar surface area (TPSA) is 17.1 Å². The monoisotopic (exact) mass is 202 g/mol. The third-order valence-corrected chi connectivity index (χ3v) is 7.28. The maximum atomic E-state index is 11.8. The van der Waals surface area contributed by atoms with Gasteiger partial charge in [-0.25, -0.2) is 0 Å². The first-order valence-electron chi connectivity index (χ1n) is 4.28. The van der Waals surface area contributed by atoms with Crippen molar-refractivity contribution in [1.82, 2.24) is 0 Å². The van der Waals surface area contributed by atoms with Gasteiger partial charge in [0.25, 0.3) is 0 Å². The van der Waals surface area contributed by atoms with Crippen molar-refractivity contribution < 1.29 is 4.79 Å². The third-order valence-electron chi connectivity index (χ3n) is 2.14. The van der Waals surface area contributed by atoms with Gasteiger partial charge in [0.2, 0.25) is 4.45 Å². The minimum atomic E-state index is -0.359. The molecule has 0 amide bonds. The van der Waals surface area contributed by atoms with Crippen molar-refractivity contribution in [2.24, 2.45) is 0 Å². The number of hydrogen-bond donors (Lipinski definition) is 2. The molecule has 0 bridgehead atoms. The zero-order valence-electron chi connectivity index (χ0n) is 6.94. The molecule has 2 rings (SSSR count). The van der Waals surface area contributed by atoms with Crippen molar-refractivity contribution in [1.29, 1.82) is 0 Å². The normalized spacial score (nSPS) is 39.0. The summed E-state index contributed by atoms with van der Waals surface area (Å²) in [6, 6.07) is 0. The molecule has 2 aliphatic rings. The number of carbonyl (C=O) groups excluding carboxylic acids is 1. The van der Waals surface area contributed by atoms with Gasteiger partial charge in [-0.3, -0.25) is 4.79 Å². The molecule has 68 valence electrons. The second-order valence-electron chi connectivity index (χ2n) is 3.02. The predicted molar refractivity (Wildman–Crippen MR) is 60.6 cm³/mol. The summed E-state index contributed by atoms with van der Waals surface area (Å²) in [4.78, 5) is 11.8. The summed E-state index contributed by atoms with van der Waals surface area (Å²) in [5.74, 6) is 2.25. The van der Waals surface area contributed by atoms with Crippen LogP contribution in [0.25, 0.3) is 0 Å². The molecule has 0 aromatic rings. The van der Waals surface area contributed by atoms with Crippen LogP contribution >= 0.6 is 21.8 Å². The third kappa shape index (κ3) is 1.62. The van der Waals surface area contributed by atoms with Crippen LogP contribution in [0.15, 0.2) is 23.0 Å². The Morgan fingerprint density at radius 2 is 1.50 bits per heavy atom. The Bertz CT molecular complexity index is 221. The van der Waals surface area contributed by atoms with E-state index in [9.17, 15) is 4.79 Å². The van der Waals surface area contributed by atoms with Gasteiger partial charge in [-0.05, 0) is 35.2 Å². The van der Waals surface area contributed by atoms with Gasteiger partial charge in [-0.2, -0.15) is 21.8 Å². The molecule has 2 unspecified atom stereocenters. The summed E-state index contributed by atoms with van der Waals surface area (Å²) in [6.07, 6.45) is 6.59. The Balaban J connectivity index is 1.99. The first-order chi connectivity index (χ1) is 5.88. The van der Waals surface area contributed by atoms with Crippen molar-refractivity contribution in [3.05, 3.63) is 23.0 Å². The van der Waals surface area contributed by atoms with Crippen molar-refractivity contribution in [3.63, 3.8) is 0 Å². The highest BCUT2D eigenvalue weighted by Gasteiger charge is 2.20. The zero-order chi connectivity index (χ0) is 8.39. The first kappa shape index (κ1) is 8.45. The molecule has 0 aromatic heterocycles. The molecule has 2 aliphatic heterocycles. The maximum Gasteiger partial charge on any atom is 0.213 e. The summed E-state index contributed by atoms with van der Waals surface area (Å²) in [5, 5.41) is 4.32. The van der Waals surface area contributed by atoms with Crippen LogP contribution in [0, 0.1) is 0 Å². The molecule has 1 nitrogen and oxygen atoms in total. The van der Waals surface area contributed by atoms with Gasteiger partial charge in [0.1, 0.15) is 0 Å². The molecule has 0 saturated heterocycles. The van der Waals surface area contributed by atoms with Crippen LogP contribution in [-0.2, 0) is 0 Å². The molecule has 0 aromatic carbocycles. The van der Waals surface area contributed by atoms with Gasteiger partial charge in [-0.1, -0.05) is 12.2 Å². The molecule has 0 fully saturated rings. The fraction of sp³-hybridized carbons (Fsp3) is 0.444. The van der Waals surface area contributed by atoms with Gasteiger partial charge in [-0.15, -0.1) is 0 Å². The van der Waals surface area contributed by atoms with E-state index in [2.05, 4.69) is 23.0 Å². The average Bonchev–Trinajstić information content (AvgIpc) is 2.77. The predicted octanol–water partition coefficient (Wildman–Crippen LogP) is 2.94. The summed E-state index contributed by atoms with van der Waals surface area (Å²) in [6.45, 7) is 0. The van der Waals surface area contributed by atoms with Crippen LogP contribution < -0.4 is 0 Å². The number of thiol groups is 2. The van der Waals surface area contributed by atoms with Gasteiger partial charge < -0.3 is 0 Å². The van der Waals surface area contributed by atoms with E-state index >= 15 is 0 Å². The number of carbonyl (C=O) groups is 1. The number of rotatable bonds is 0. The highest BCUT2D eigenvalue weighted by Crippen LogP contribution is 2.48. The smallest absolute Gasteiger partial charge is 0.213 e. The Kier molecular flexibility index (Phi) is 2.61. The van der Waals surface area contributed by atoms with Gasteiger partial charge in [0, 0.05) is 0 Å². The van der Waals surface area contributed by atoms with Crippen LogP contribution in [0.2, 0.25) is 0 Å². The Labute approximate surface area is 78.6 Å². The van der Waals surface area contributed by atoms with E-state index in [0.29, 0.717) is 4.45 Å². The van der Waals surface area contributed by atoms with Crippen molar-refractivity contribution in [3.8, 4) is 0 Å². The summed E-state index contributed by atoms with van der Waals surface area (Å²) in [5.41, 5.74) is 0. The molecule has 0 aliphatic carbocycles. The van der Waals surface area contributed by atoms with Crippen molar-refractivity contribution in [2.75, 3.05) is 11.5 Å². The van der Waals surface area contributed by atoms with E-state index in [1.165, 1.54) is 0 Å². The second kappa shape index (κ2) is 3.71. The molecule has 12 heavy (non-hydrogen) atoms. The molecule has 0 saturated carbocycles. The van der Waals surface area contributed by atoms with E-state index in [1.54, 1.807) is 0 Å². The fourth-order valence-electron chi connectivity index (χ4n) is 1.46. The summed E-state index contributed by atoms with van der Waals surface area (Å²) >= 11 is 0. The molecule has 0 N–H and O–H groups in total. The van der Waals surface area contributed by atoms with Gasteiger partial charge in [0.15, 0.2) is 0 Å². The Hall–Kier alpha value is -0.150. The fourth-order valence-corrected chi connectivity index (χ4v) is 6.38. The van der Waals surface area contributed by atoms with E-state index in [1.807, 2.05) is 0 Å². The highest BCUT2D eigenvalue weighted by molar-refractivity contribution is 8.55. The summed E-state index contributed by atoms with van der Waals surface area (Å²) in [7, 11) is -0.718. The minimum absolute atomic E-state index is 0.359. The molecule has 0 spiro atoms. The molecule has 0 radical (unpaired) electrons.